The summed E-state index contributed by atoms with van der Waals surface area (Å²) in [6.45, 7) is 0. The molecule has 0 saturated carbocycles. The summed E-state index contributed by atoms with van der Waals surface area (Å²) in [7, 11) is 0. The summed E-state index contributed by atoms with van der Waals surface area (Å²) in [6, 6.07) is 59.9. The van der Waals surface area contributed by atoms with Gasteiger partial charge >= 0.3 is 0 Å². The SMILES string of the molecule is c1ccc(-c2nc(-c3ccc(-c4ccc(-c5ccc6oc7ccccc7c6c5)c5oc6ccccc6c45)cc3)nc(-c3ccc4c(c3)oc3ccccc34)n2)cc1. The summed E-state index contributed by atoms with van der Waals surface area (Å²) in [5, 5.41) is 6.46. The third-order valence-corrected chi connectivity index (χ3v) is 11.0. The minimum atomic E-state index is 0.578. The van der Waals surface area contributed by atoms with Gasteiger partial charge in [0.05, 0.1) is 0 Å². The monoisotopic (exact) mass is 731 g/mol. The van der Waals surface area contributed by atoms with E-state index in [2.05, 4.69) is 91.0 Å². The largest absolute Gasteiger partial charge is 0.456 e. The number of para-hydroxylation sites is 3. The van der Waals surface area contributed by atoms with Gasteiger partial charge in [0, 0.05) is 54.6 Å². The first-order valence-corrected chi connectivity index (χ1v) is 18.9. The van der Waals surface area contributed by atoms with E-state index in [0.29, 0.717) is 17.5 Å². The van der Waals surface area contributed by atoms with Crippen molar-refractivity contribution < 1.29 is 13.3 Å². The molecule has 0 spiro atoms. The van der Waals surface area contributed by atoms with Gasteiger partial charge in [-0.25, -0.2) is 15.0 Å². The van der Waals surface area contributed by atoms with Crippen LogP contribution in [0.5, 0.6) is 0 Å². The molecule has 12 rings (SSSR count). The zero-order valence-electron chi connectivity index (χ0n) is 30.3. The maximum Gasteiger partial charge on any atom is 0.164 e. The topological polar surface area (TPSA) is 78.1 Å². The van der Waals surface area contributed by atoms with Gasteiger partial charge in [0.15, 0.2) is 17.5 Å². The van der Waals surface area contributed by atoms with Gasteiger partial charge in [-0.3, -0.25) is 0 Å². The predicted octanol–water partition coefficient (Wildman–Crippen LogP) is 13.9. The van der Waals surface area contributed by atoms with E-state index in [1.807, 2.05) is 84.9 Å². The van der Waals surface area contributed by atoms with Gasteiger partial charge in [-0.15, -0.1) is 0 Å². The van der Waals surface area contributed by atoms with E-state index in [1.165, 1.54) is 0 Å². The van der Waals surface area contributed by atoms with Crippen LogP contribution in [0.2, 0.25) is 0 Å². The number of hydrogen-bond acceptors (Lipinski definition) is 6. The molecular formula is C51H29N3O3. The van der Waals surface area contributed by atoms with Crippen LogP contribution in [0.3, 0.4) is 0 Å². The zero-order valence-corrected chi connectivity index (χ0v) is 30.3. The summed E-state index contributed by atoms with van der Waals surface area (Å²) in [4.78, 5) is 15.0. The molecule has 0 atom stereocenters. The van der Waals surface area contributed by atoms with Crippen molar-refractivity contribution in [2.24, 2.45) is 0 Å². The van der Waals surface area contributed by atoms with E-state index < -0.39 is 0 Å². The summed E-state index contributed by atoms with van der Waals surface area (Å²) >= 11 is 0. The lowest BCUT2D eigenvalue weighted by molar-refractivity contribution is 0.668. The summed E-state index contributed by atoms with van der Waals surface area (Å²) in [6.07, 6.45) is 0. The molecule has 4 aromatic heterocycles. The Labute approximate surface area is 325 Å². The van der Waals surface area contributed by atoms with Crippen molar-refractivity contribution in [2.75, 3.05) is 0 Å². The fraction of sp³-hybridized carbons (Fsp3) is 0. The van der Waals surface area contributed by atoms with Crippen molar-refractivity contribution in [1.29, 1.82) is 0 Å². The molecule has 57 heavy (non-hydrogen) atoms. The summed E-state index contributed by atoms with van der Waals surface area (Å²) in [5.41, 5.74) is 12.0. The second-order valence-corrected chi connectivity index (χ2v) is 14.3. The molecule has 4 heterocycles. The van der Waals surface area contributed by atoms with Crippen LogP contribution in [0.25, 0.3) is 122 Å². The Morgan fingerprint density at radius 1 is 0.281 bits per heavy atom. The van der Waals surface area contributed by atoms with Crippen LogP contribution in [0.1, 0.15) is 0 Å². The van der Waals surface area contributed by atoms with E-state index in [9.17, 15) is 0 Å². The van der Waals surface area contributed by atoms with Crippen LogP contribution in [-0.4, -0.2) is 15.0 Å². The van der Waals surface area contributed by atoms with Crippen molar-refractivity contribution in [1.82, 2.24) is 15.0 Å². The first kappa shape index (κ1) is 31.5. The lowest BCUT2D eigenvalue weighted by atomic mass is 9.93. The van der Waals surface area contributed by atoms with Crippen molar-refractivity contribution >= 4 is 65.8 Å². The summed E-state index contributed by atoms with van der Waals surface area (Å²) < 4.78 is 19.0. The molecule has 0 aliphatic heterocycles. The Morgan fingerprint density at radius 2 is 0.772 bits per heavy atom. The van der Waals surface area contributed by atoms with Crippen LogP contribution in [0.4, 0.5) is 0 Å². The second kappa shape index (κ2) is 12.3. The lowest BCUT2D eigenvalue weighted by Crippen LogP contribution is -2.00. The highest BCUT2D eigenvalue weighted by Gasteiger charge is 2.19. The molecule has 0 N–H and O–H groups in total. The highest BCUT2D eigenvalue weighted by molar-refractivity contribution is 6.17. The van der Waals surface area contributed by atoms with E-state index in [-0.39, 0.29) is 0 Å². The van der Waals surface area contributed by atoms with E-state index in [0.717, 1.165) is 105 Å². The molecule has 0 aliphatic rings. The second-order valence-electron chi connectivity index (χ2n) is 14.3. The molecule has 8 aromatic carbocycles. The number of hydrogen-bond donors (Lipinski definition) is 0. The van der Waals surface area contributed by atoms with Gasteiger partial charge in [-0.1, -0.05) is 127 Å². The van der Waals surface area contributed by atoms with Gasteiger partial charge in [0.25, 0.3) is 0 Å². The molecule has 0 aliphatic carbocycles. The third-order valence-electron chi connectivity index (χ3n) is 11.0. The number of rotatable bonds is 5. The van der Waals surface area contributed by atoms with Gasteiger partial charge in [0.1, 0.15) is 33.5 Å². The average Bonchev–Trinajstić information content (AvgIpc) is 3.97. The fourth-order valence-electron chi connectivity index (χ4n) is 8.20. The van der Waals surface area contributed by atoms with Crippen molar-refractivity contribution in [3.8, 4) is 56.4 Å². The average molecular weight is 732 g/mol. The van der Waals surface area contributed by atoms with Gasteiger partial charge in [-0.2, -0.15) is 0 Å². The predicted molar refractivity (Wildman–Crippen MR) is 229 cm³/mol. The smallest absolute Gasteiger partial charge is 0.164 e. The molecule has 0 radical (unpaired) electrons. The third kappa shape index (κ3) is 5.08. The summed E-state index contributed by atoms with van der Waals surface area (Å²) in [5.74, 6) is 1.77. The Hall–Kier alpha value is -7.83. The first-order valence-electron chi connectivity index (χ1n) is 18.9. The minimum Gasteiger partial charge on any atom is -0.456 e. The number of aromatic nitrogens is 3. The number of benzene rings is 8. The highest BCUT2D eigenvalue weighted by atomic mass is 16.3. The standard InChI is InChI=1S/C51H29N3O3/c1-2-10-31(11-3-1)49-52-50(54-51(53-49)34-22-24-39-37-12-4-7-15-42(37)56-46(39)29-34)32-20-18-30(19-21-32)35-25-26-36(48-47(35)40-14-6-9-17-44(40)57-48)33-23-27-45-41(28-33)38-13-5-8-16-43(38)55-45/h1-29H. The molecule has 0 amide bonds. The fourth-order valence-corrected chi connectivity index (χ4v) is 8.20. The molecule has 0 unspecified atom stereocenters. The van der Waals surface area contributed by atoms with E-state index >= 15 is 0 Å². The van der Waals surface area contributed by atoms with Crippen LogP contribution in [-0.2, 0) is 0 Å². The van der Waals surface area contributed by atoms with Crippen molar-refractivity contribution in [3.05, 3.63) is 176 Å². The van der Waals surface area contributed by atoms with Crippen LogP contribution < -0.4 is 0 Å². The molecule has 0 saturated heterocycles. The normalized spacial score (nSPS) is 11.9. The maximum atomic E-state index is 6.67. The van der Waals surface area contributed by atoms with E-state index in [4.69, 9.17) is 28.2 Å². The first-order chi connectivity index (χ1) is 28.2. The molecule has 266 valence electrons. The van der Waals surface area contributed by atoms with E-state index in [1.54, 1.807) is 0 Å². The molecule has 6 heteroatoms. The van der Waals surface area contributed by atoms with Gasteiger partial charge < -0.3 is 13.3 Å². The Morgan fingerprint density at radius 3 is 1.51 bits per heavy atom. The van der Waals surface area contributed by atoms with Crippen LogP contribution >= 0.6 is 0 Å². The minimum absolute atomic E-state index is 0.578. The quantitative estimate of drug-likeness (QED) is 0.175. The van der Waals surface area contributed by atoms with Crippen molar-refractivity contribution in [3.63, 3.8) is 0 Å². The molecule has 0 fully saturated rings. The van der Waals surface area contributed by atoms with Crippen LogP contribution in [0.15, 0.2) is 189 Å². The number of nitrogens with zero attached hydrogens (tertiary/aromatic N) is 3. The highest BCUT2D eigenvalue weighted by Crippen LogP contribution is 2.43. The molecule has 12 aromatic rings. The zero-order chi connectivity index (χ0) is 37.5. The molecule has 6 nitrogen and oxygen atoms in total. The number of fused-ring (bicyclic) bond motifs is 9. The maximum absolute atomic E-state index is 6.67. The molecular weight excluding hydrogens is 703 g/mol. The van der Waals surface area contributed by atoms with Gasteiger partial charge in [-0.05, 0) is 65.2 Å². The number of furan rings is 3. The van der Waals surface area contributed by atoms with Gasteiger partial charge in [0.2, 0.25) is 0 Å². The lowest BCUT2D eigenvalue weighted by Gasteiger charge is -2.11. The molecule has 0 bridgehead atoms. The Bertz CT molecular complexity index is 3520. The Balaban J connectivity index is 0.976. The van der Waals surface area contributed by atoms with Crippen LogP contribution in [0, 0.1) is 0 Å². The van der Waals surface area contributed by atoms with Crippen molar-refractivity contribution in [2.45, 2.75) is 0 Å². The Kier molecular flexibility index (Phi) is 6.83.